The Balaban J connectivity index is 1.25. The molecule has 9 aromatic rings. The monoisotopic (exact) mass is 732 g/mol. The van der Waals surface area contributed by atoms with Gasteiger partial charge in [0.1, 0.15) is 0 Å². The number of benzene rings is 7. The molecule has 0 bridgehead atoms. The summed E-state index contributed by atoms with van der Waals surface area (Å²) in [5.41, 5.74) is 21.7. The molecule has 2 aliphatic heterocycles. The molecule has 57 heavy (non-hydrogen) atoms. The minimum absolute atomic E-state index is 0.0382. The average Bonchev–Trinajstić information content (AvgIpc) is 3.73. The molecule has 0 N–H and O–H groups in total. The van der Waals surface area contributed by atoms with E-state index in [1.54, 1.807) is 0 Å². The highest BCUT2D eigenvalue weighted by Crippen LogP contribution is 2.43. The zero-order chi connectivity index (χ0) is 39.1. The molecule has 0 unspecified atom stereocenters. The summed E-state index contributed by atoms with van der Waals surface area (Å²) < 4.78 is 5.16. The van der Waals surface area contributed by atoms with Crippen LogP contribution in [0.15, 0.2) is 141 Å². The van der Waals surface area contributed by atoms with Gasteiger partial charge in [-0.25, -0.2) is 0 Å². The van der Waals surface area contributed by atoms with E-state index in [2.05, 4.69) is 191 Å². The molecule has 0 aliphatic carbocycles. The molecule has 274 valence electrons. The highest BCUT2D eigenvalue weighted by atomic mass is 15.0. The van der Waals surface area contributed by atoms with Gasteiger partial charge < -0.3 is 9.13 Å². The summed E-state index contributed by atoms with van der Waals surface area (Å²) in [4.78, 5) is 0. The average molecular weight is 733 g/mol. The maximum atomic E-state index is 3.97. The van der Waals surface area contributed by atoms with Gasteiger partial charge >= 0.3 is 0 Å². The van der Waals surface area contributed by atoms with Gasteiger partial charge in [0.2, 0.25) is 0 Å². The molecule has 3 heteroatoms. The molecule has 2 nitrogen and oxygen atoms in total. The van der Waals surface area contributed by atoms with Crippen LogP contribution < -0.4 is 16.4 Å². The van der Waals surface area contributed by atoms with E-state index in [0.717, 1.165) is 11.1 Å². The number of nitrogens with zero attached hydrogens (tertiary/aromatic N) is 2. The largest absolute Gasteiger partial charge is 0.310 e. The van der Waals surface area contributed by atoms with E-state index in [0.29, 0.717) is 0 Å². The normalized spacial score (nSPS) is 13.2. The Morgan fingerprint density at radius 3 is 1.25 bits per heavy atom. The van der Waals surface area contributed by atoms with Crippen molar-refractivity contribution in [3.63, 3.8) is 0 Å². The Morgan fingerprint density at radius 1 is 0.456 bits per heavy atom. The van der Waals surface area contributed by atoms with Crippen LogP contribution >= 0.6 is 0 Å². The standard InChI is InChI=1S/C54H45BN2/c1-9-32-14-18-34(19-15-32)36-22-24-46-40(26-36)42-28-38(53(3,4)5)30-44-51(42)56(46)48-12-11-13-49-50(48)55(44)45-31-39(54(6,7)8)29-43-41-27-37(23-25-47(41)57(49)52(43)45)35-20-16-33(10-2)17-21-35/h9-31H,1-2H2,3-8H3. The second-order valence-electron chi connectivity index (χ2n) is 18.4. The third kappa shape index (κ3) is 4.78. The summed E-state index contributed by atoms with van der Waals surface area (Å²) in [6.07, 6.45) is 3.82. The SMILES string of the molecule is C=Cc1ccc(-c2ccc3c(c2)c2cc(C(C)(C)C)cc4c2n3-c2cccc3c2B4c2cc(C(C)(C)C)cc4c5cc(-c6ccc(C=C)cc6)ccc5n-3c24)cc1. The van der Waals surface area contributed by atoms with Gasteiger partial charge in [-0.1, -0.05) is 146 Å². The first kappa shape index (κ1) is 34.0. The summed E-state index contributed by atoms with van der Waals surface area (Å²) in [5, 5.41) is 5.25. The summed E-state index contributed by atoms with van der Waals surface area (Å²) >= 11 is 0. The van der Waals surface area contributed by atoms with Crippen molar-refractivity contribution in [1.82, 2.24) is 9.13 Å². The molecule has 2 aromatic heterocycles. The van der Waals surface area contributed by atoms with E-state index >= 15 is 0 Å². The smallest absolute Gasteiger partial charge is 0.252 e. The van der Waals surface area contributed by atoms with Gasteiger partial charge in [0, 0.05) is 44.0 Å². The predicted octanol–water partition coefficient (Wildman–Crippen LogP) is 12.2. The van der Waals surface area contributed by atoms with Crippen molar-refractivity contribution in [2.45, 2.75) is 52.4 Å². The lowest BCUT2D eigenvalue weighted by molar-refractivity contribution is 0.591. The number of hydrogen-bond donors (Lipinski definition) is 0. The molecule has 7 aromatic carbocycles. The molecule has 0 spiro atoms. The van der Waals surface area contributed by atoms with E-state index in [-0.39, 0.29) is 17.5 Å². The lowest BCUT2D eigenvalue weighted by atomic mass is 9.34. The van der Waals surface area contributed by atoms with Crippen LogP contribution in [-0.2, 0) is 10.8 Å². The van der Waals surface area contributed by atoms with Gasteiger partial charge in [0.05, 0.1) is 11.0 Å². The van der Waals surface area contributed by atoms with Gasteiger partial charge in [-0.2, -0.15) is 0 Å². The van der Waals surface area contributed by atoms with Crippen LogP contribution in [0.4, 0.5) is 0 Å². The van der Waals surface area contributed by atoms with Gasteiger partial charge in [-0.3, -0.25) is 0 Å². The zero-order valence-electron chi connectivity index (χ0n) is 33.7. The van der Waals surface area contributed by atoms with E-state index in [9.17, 15) is 0 Å². The number of aromatic nitrogens is 2. The first-order valence-corrected chi connectivity index (χ1v) is 20.3. The summed E-state index contributed by atoms with van der Waals surface area (Å²) in [6, 6.07) is 48.7. The Hall–Kier alpha value is -6.32. The molecular weight excluding hydrogens is 687 g/mol. The maximum absolute atomic E-state index is 3.97. The minimum Gasteiger partial charge on any atom is -0.310 e. The van der Waals surface area contributed by atoms with Crippen molar-refractivity contribution in [3.8, 4) is 33.6 Å². The van der Waals surface area contributed by atoms with Crippen LogP contribution in [0.5, 0.6) is 0 Å². The fraction of sp³-hybridized carbons (Fsp3) is 0.148. The van der Waals surface area contributed by atoms with Crippen LogP contribution in [0.25, 0.3) is 89.4 Å². The number of hydrogen-bond acceptors (Lipinski definition) is 0. The Labute approximate surface area is 335 Å². The van der Waals surface area contributed by atoms with Crippen molar-refractivity contribution >= 4 is 78.9 Å². The molecule has 0 atom stereocenters. The molecule has 0 radical (unpaired) electrons. The first-order valence-electron chi connectivity index (χ1n) is 20.3. The van der Waals surface area contributed by atoms with E-state index in [1.807, 2.05) is 12.2 Å². The second kappa shape index (κ2) is 11.6. The van der Waals surface area contributed by atoms with Gasteiger partial charge in [-0.15, -0.1) is 0 Å². The van der Waals surface area contributed by atoms with Crippen LogP contribution in [-0.4, -0.2) is 15.8 Å². The summed E-state index contributed by atoms with van der Waals surface area (Å²) in [6.45, 7) is 22.2. The van der Waals surface area contributed by atoms with Crippen LogP contribution in [0.1, 0.15) is 63.8 Å². The van der Waals surface area contributed by atoms with Gasteiger partial charge in [0.15, 0.2) is 0 Å². The van der Waals surface area contributed by atoms with E-state index in [4.69, 9.17) is 0 Å². The molecule has 11 rings (SSSR count). The van der Waals surface area contributed by atoms with Crippen molar-refractivity contribution in [2.24, 2.45) is 0 Å². The predicted molar refractivity (Wildman–Crippen MR) is 248 cm³/mol. The molecule has 0 saturated heterocycles. The molecule has 0 saturated carbocycles. The number of rotatable bonds is 4. The van der Waals surface area contributed by atoms with Gasteiger partial charge in [-0.05, 0) is 120 Å². The summed E-state index contributed by atoms with van der Waals surface area (Å²) in [7, 11) is 0. The fourth-order valence-electron chi connectivity index (χ4n) is 9.85. The van der Waals surface area contributed by atoms with Crippen molar-refractivity contribution in [2.75, 3.05) is 0 Å². The number of fused-ring (bicyclic) bond motifs is 10. The lowest BCUT2D eigenvalue weighted by Crippen LogP contribution is -2.59. The Kier molecular flexibility index (Phi) is 6.92. The molecule has 0 fully saturated rings. The molecule has 0 amide bonds. The van der Waals surface area contributed by atoms with Crippen LogP contribution in [0.2, 0.25) is 0 Å². The summed E-state index contributed by atoms with van der Waals surface area (Å²) in [5.74, 6) is 0. The molecule has 4 heterocycles. The second-order valence-corrected chi connectivity index (χ2v) is 18.4. The van der Waals surface area contributed by atoms with Crippen LogP contribution in [0.3, 0.4) is 0 Å². The van der Waals surface area contributed by atoms with Crippen molar-refractivity contribution in [1.29, 1.82) is 0 Å². The van der Waals surface area contributed by atoms with Crippen molar-refractivity contribution in [3.05, 3.63) is 163 Å². The molecule has 2 aliphatic rings. The maximum Gasteiger partial charge on any atom is 0.252 e. The van der Waals surface area contributed by atoms with Crippen LogP contribution in [0, 0.1) is 0 Å². The van der Waals surface area contributed by atoms with Gasteiger partial charge in [0.25, 0.3) is 6.71 Å². The van der Waals surface area contributed by atoms with Crippen molar-refractivity contribution < 1.29 is 0 Å². The third-order valence-electron chi connectivity index (χ3n) is 12.9. The highest BCUT2D eigenvalue weighted by molar-refractivity contribution is 7.00. The van der Waals surface area contributed by atoms with E-state index in [1.165, 1.54) is 105 Å². The first-order chi connectivity index (χ1) is 27.4. The third-order valence-corrected chi connectivity index (χ3v) is 12.9. The highest BCUT2D eigenvalue weighted by Gasteiger charge is 2.42. The zero-order valence-corrected chi connectivity index (χ0v) is 33.7. The quantitative estimate of drug-likeness (QED) is 0.160. The lowest BCUT2D eigenvalue weighted by Gasteiger charge is -2.35. The van der Waals surface area contributed by atoms with E-state index < -0.39 is 0 Å². The Morgan fingerprint density at radius 2 is 0.860 bits per heavy atom. The minimum atomic E-state index is -0.0382. The Bertz CT molecular complexity index is 3000. The molecular formula is C54H45BN2. The topological polar surface area (TPSA) is 9.86 Å². The fourth-order valence-corrected chi connectivity index (χ4v) is 9.85.